The fraction of sp³-hybridized carbons (Fsp3) is 0.391. The van der Waals surface area contributed by atoms with Crippen LogP contribution in [0.3, 0.4) is 0 Å². The zero-order valence-electron chi connectivity index (χ0n) is 17.4. The van der Waals surface area contributed by atoms with Crippen molar-refractivity contribution in [1.82, 2.24) is 15.5 Å². The molecule has 7 heteroatoms. The molecule has 0 aliphatic carbocycles. The van der Waals surface area contributed by atoms with Gasteiger partial charge in [-0.3, -0.25) is 4.79 Å². The Balaban J connectivity index is 0.00000320. The van der Waals surface area contributed by atoms with Crippen LogP contribution >= 0.6 is 24.0 Å². The predicted octanol–water partition coefficient (Wildman–Crippen LogP) is 4.33. The van der Waals surface area contributed by atoms with Crippen molar-refractivity contribution in [2.75, 3.05) is 19.6 Å². The maximum atomic E-state index is 13.8. The molecule has 2 aromatic rings. The van der Waals surface area contributed by atoms with Gasteiger partial charge in [-0.25, -0.2) is 9.38 Å². The van der Waals surface area contributed by atoms with Crippen molar-refractivity contribution < 1.29 is 9.18 Å². The third-order valence-corrected chi connectivity index (χ3v) is 5.01. The average Bonchev–Trinajstić information content (AvgIpc) is 2.77. The molecule has 1 heterocycles. The zero-order valence-corrected chi connectivity index (χ0v) is 19.7. The number of aliphatic imine (C=N–C) groups is 1. The standard InChI is InChI=1S/C23H29FN4O.HI/c1-2-25-23(27-17-20-8-4-5-9-21(20)24)26-16-18-10-12-19(13-11-18)22(29)28-14-6-3-7-15-28;/h4-5,8-13H,2-3,6-7,14-17H2,1H3,(H2,25,26,27);1H. The first kappa shape index (κ1) is 24.1. The lowest BCUT2D eigenvalue weighted by Crippen LogP contribution is -2.37. The minimum Gasteiger partial charge on any atom is -0.357 e. The summed E-state index contributed by atoms with van der Waals surface area (Å²) in [5.74, 6) is 0.508. The van der Waals surface area contributed by atoms with E-state index in [1.165, 1.54) is 12.5 Å². The molecule has 1 amide bonds. The minimum atomic E-state index is -0.232. The third kappa shape index (κ3) is 6.97. The van der Waals surface area contributed by atoms with E-state index in [4.69, 9.17) is 0 Å². The Morgan fingerprint density at radius 2 is 1.73 bits per heavy atom. The number of hydrogen-bond donors (Lipinski definition) is 2. The molecule has 0 bridgehead atoms. The Kier molecular flexibility index (Phi) is 10.1. The third-order valence-electron chi connectivity index (χ3n) is 5.01. The highest BCUT2D eigenvalue weighted by molar-refractivity contribution is 14.0. The van der Waals surface area contributed by atoms with Crippen LogP contribution in [0.4, 0.5) is 4.39 Å². The SMILES string of the molecule is CCNC(=NCc1ccc(C(=O)N2CCCCC2)cc1)NCc1ccccc1F.I. The van der Waals surface area contributed by atoms with Gasteiger partial charge in [0.05, 0.1) is 6.54 Å². The first-order chi connectivity index (χ1) is 14.2. The maximum Gasteiger partial charge on any atom is 0.253 e. The first-order valence-corrected chi connectivity index (χ1v) is 10.3. The van der Waals surface area contributed by atoms with Crippen molar-refractivity contribution in [1.29, 1.82) is 0 Å². The normalized spacial score (nSPS) is 14.1. The van der Waals surface area contributed by atoms with E-state index in [-0.39, 0.29) is 35.7 Å². The number of piperidine rings is 1. The highest BCUT2D eigenvalue weighted by atomic mass is 127. The Morgan fingerprint density at radius 3 is 2.40 bits per heavy atom. The molecular formula is C23H30FIN4O. The van der Waals surface area contributed by atoms with Crippen LogP contribution in [0.1, 0.15) is 47.7 Å². The molecule has 0 unspecified atom stereocenters. The van der Waals surface area contributed by atoms with Gasteiger partial charge < -0.3 is 15.5 Å². The molecule has 0 atom stereocenters. The van der Waals surface area contributed by atoms with E-state index < -0.39 is 0 Å². The first-order valence-electron chi connectivity index (χ1n) is 10.3. The molecule has 162 valence electrons. The van der Waals surface area contributed by atoms with E-state index in [9.17, 15) is 9.18 Å². The predicted molar refractivity (Wildman–Crippen MR) is 130 cm³/mol. The van der Waals surface area contributed by atoms with Crippen molar-refractivity contribution in [3.8, 4) is 0 Å². The number of carbonyl (C=O) groups excluding carboxylic acids is 1. The van der Waals surface area contributed by atoms with E-state index in [1.807, 2.05) is 42.2 Å². The Morgan fingerprint density at radius 1 is 1.03 bits per heavy atom. The van der Waals surface area contributed by atoms with Crippen LogP contribution < -0.4 is 10.6 Å². The molecule has 3 rings (SSSR count). The summed E-state index contributed by atoms with van der Waals surface area (Å²) in [5, 5.41) is 6.33. The summed E-state index contributed by atoms with van der Waals surface area (Å²) in [6.45, 7) is 5.25. The number of benzene rings is 2. The number of guanidine groups is 1. The average molecular weight is 524 g/mol. The monoisotopic (exact) mass is 524 g/mol. The molecule has 0 saturated carbocycles. The summed E-state index contributed by atoms with van der Waals surface area (Å²) >= 11 is 0. The number of carbonyl (C=O) groups is 1. The van der Waals surface area contributed by atoms with E-state index >= 15 is 0 Å². The molecule has 1 aliphatic rings. The van der Waals surface area contributed by atoms with Crippen molar-refractivity contribution in [3.63, 3.8) is 0 Å². The summed E-state index contributed by atoms with van der Waals surface area (Å²) < 4.78 is 13.8. The fourth-order valence-corrected chi connectivity index (χ4v) is 3.37. The lowest BCUT2D eigenvalue weighted by atomic mass is 10.1. The second-order valence-corrected chi connectivity index (χ2v) is 7.19. The van der Waals surface area contributed by atoms with Gasteiger partial charge in [0, 0.05) is 37.3 Å². The number of halogens is 2. The lowest BCUT2D eigenvalue weighted by Gasteiger charge is -2.26. The van der Waals surface area contributed by atoms with Crippen LogP contribution in [-0.2, 0) is 13.1 Å². The number of hydrogen-bond acceptors (Lipinski definition) is 2. The van der Waals surface area contributed by atoms with Crippen LogP contribution in [0.2, 0.25) is 0 Å². The highest BCUT2D eigenvalue weighted by Gasteiger charge is 2.17. The van der Waals surface area contributed by atoms with Crippen molar-refractivity contribution >= 4 is 35.8 Å². The molecular weight excluding hydrogens is 494 g/mol. The molecule has 2 aromatic carbocycles. The summed E-state index contributed by atoms with van der Waals surface area (Å²) in [7, 11) is 0. The lowest BCUT2D eigenvalue weighted by molar-refractivity contribution is 0.0724. The number of amides is 1. The van der Waals surface area contributed by atoms with Gasteiger partial charge in [0.1, 0.15) is 5.82 Å². The van der Waals surface area contributed by atoms with Gasteiger partial charge in [-0.15, -0.1) is 24.0 Å². The molecule has 2 N–H and O–H groups in total. The van der Waals surface area contributed by atoms with Crippen molar-refractivity contribution in [2.45, 2.75) is 39.3 Å². The minimum absolute atomic E-state index is 0. The largest absolute Gasteiger partial charge is 0.357 e. The molecule has 0 spiro atoms. The van der Waals surface area contributed by atoms with Gasteiger partial charge in [-0.1, -0.05) is 30.3 Å². The van der Waals surface area contributed by atoms with Gasteiger partial charge in [0.15, 0.2) is 5.96 Å². The van der Waals surface area contributed by atoms with Crippen LogP contribution in [-0.4, -0.2) is 36.4 Å². The molecule has 0 radical (unpaired) electrons. The Bertz CT molecular complexity index is 835. The van der Waals surface area contributed by atoms with Crippen LogP contribution in [0.15, 0.2) is 53.5 Å². The smallest absolute Gasteiger partial charge is 0.253 e. The number of rotatable bonds is 6. The molecule has 1 fully saturated rings. The number of likely N-dealkylation sites (tertiary alicyclic amines) is 1. The zero-order chi connectivity index (χ0) is 20.5. The van der Waals surface area contributed by atoms with Gasteiger partial charge in [0.2, 0.25) is 0 Å². The molecule has 5 nitrogen and oxygen atoms in total. The summed E-state index contributed by atoms with van der Waals surface area (Å²) in [4.78, 5) is 19.1. The molecule has 1 saturated heterocycles. The number of nitrogens with zero attached hydrogens (tertiary/aromatic N) is 2. The van der Waals surface area contributed by atoms with Gasteiger partial charge in [-0.2, -0.15) is 0 Å². The quantitative estimate of drug-likeness (QED) is 0.336. The van der Waals surface area contributed by atoms with Gasteiger partial charge in [0.25, 0.3) is 5.91 Å². The van der Waals surface area contributed by atoms with Gasteiger partial charge in [-0.05, 0) is 49.9 Å². The van der Waals surface area contributed by atoms with E-state index in [1.54, 1.807) is 12.1 Å². The van der Waals surface area contributed by atoms with E-state index in [0.717, 1.165) is 37.1 Å². The van der Waals surface area contributed by atoms with Gasteiger partial charge >= 0.3 is 0 Å². The second kappa shape index (κ2) is 12.5. The van der Waals surface area contributed by atoms with Crippen LogP contribution in [0.25, 0.3) is 0 Å². The Hall–Kier alpha value is -2.16. The van der Waals surface area contributed by atoms with E-state index in [2.05, 4.69) is 15.6 Å². The summed E-state index contributed by atoms with van der Waals surface area (Å²) in [6.07, 6.45) is 3.39. The second-order valence-electron chi connectivity index (χ2n) is 7.19. The molecule has 0 aromatic heterocycles. The van der Waals surface area contributed by atoms with Crippen LogP contribution in [0, 0.1) is 5.82 Å². The summed E-state index contributed by atoms with van der Waals surface area (Å²) in [6, 6.07) is 14.3. The molecule has 1 aliphatic heterocycles. The van der Waals surface area contributed by atoms with E-state index in [0.29, 0.717) is 31.2 Å². The maximum absolute atomic E-state index is 13.8. The highest BCUT2D eigenvalue weighted by Crippen LogP contribution is 2.14. The summed E-state index contributed by atoms with van der Waals surface area (Å²) in [5.41, 5.74) is 2.34. The molecule has 30 heavy (non-hydrogen) atoms. The Labute approximate surface area is 195 Å². The van der Waals surface area contributed by atoms with Crippen LogP contribution in [0.5, 0.6) is 0 Å². The van der Waals surface area contributed by atoms with Crippen molar-refractivity contribution in [3.05, 3.63) is 71.0 Å². The van der Waals surface area contributed by atoms with Crippen molar-refractivity contribution in [2.24, 2.45) is 4.99 Å². The topological polar surface area (TPSA) is 56.7 Å². The number of nitrogens with one attached hydrogen (secondary N) is 2. The fourth-order valence-electron chi connectivity index (χ4n) is 3.37.